The molecule has 0 aliphatic carbocycles. The number of nitrogens with zero attached hydrogens (tertiary/aromatic N) is 5. The van der Waals surface area contributed by atoms with Crippen LogP contribution in [0.1, 0.15) is 0 Å². The lowest BCUT2D eigenvalue weighted by Gasteiger charge is -1.98. The van der Waals surface area contributed by atoms with E-state index in [0.717, 1.165) is 20.8 Å². The predicted molar refractivity (Wildman–Crippen MR) is 85.1 cm³/mol. The Morgan fingerprint density at radius 3 is 2.82 bits per heavy atom. The number of thiazole rings is 1. The molecular weight excluding hydrogens is 296 g/mol. The van der Waals surface area contributed by atoms with Crippen molar-refractivity contribution in [2.24, 2.45) is 5.10 Å². The van der Waals surface area contributed by atoms with Crippen LogP contribution in [-0.2, 0) is 0 Å². The van der Waals surface area contributed by atoms with Gasteiger partial charge >= 0.3 is 0 Å². The van der Waals surface area contributed by atoms with Gasteiger partial charge in [-0.25, -0.2) is 4.98 Å². The molecule has 0 radical (unpaired) electrons. The van der Waals surface area contributed by atoms with Crippen LogP contribution in [0.25, 0.3) is 20.8 Å². The maximum absolute atomic E-state index is 8.65. The minimum atomic E-state index is -0.222. The lowest BCUT2D eigenvalue weighted by molar-refractivity contribution is 1.32. The molecule has 0 saturated carbocycles. The molecule has 0 fully saturated rings. The first kappa shape index (κ1) is 13.7. The first-order valence-electron chi connectivity index (χ1n) is 6.25. The van der Waals surface area contributed by atoms with Crippen LogP contribution in [0.15, 0.2) is 47.8 Å². The monoisotopic (exact) mass is 304 g/mol. The molecule has 0 unspecified atom stereocenters. The van der Waals surface area contributed by atoms with Crippen LogP contribution in [0, 0.1) is 22.7 Å². The number of anilines is 1. The Bertz CT molecular complexity index is 914. The summed E-state index contributed by atoms with van der Waals surface area (Å²) in [6.07, 6.45) is 3.49. The van der Waals surface area contributed by atoms with E-state index in [1.165, 1.54) is 0 Å². The standard InChI is InChI=1S/C15H8N6S/c16-7-12(8-17)21-20-11-3-4-13-14(6-11)22-15(19-13)10-2-1-5-18-9-10/h1-6,9,20H. The van der Waals surface area contributed by atoms with Crippen LogP contribution in [0.3, 0.4) is 0 Å². The molecule has 3 aromatic rings. The third kappa shape index (κ3) is 2.75. The van der Waals surface area contributed by atoms with Crippen LogP contribution in [0.5, 0.6) is 0 Å². The Morgan fingerprint density at radius 1 is 1.23 bits per heavy atom. The van der Waals surface area contributed by atoms with Crippen molar-refractivity contribution in [2.45, 2.75) is 0 Å². The van der Waals surface area contributed by atoms with Crippen LogP contribution in [0.4, 0.5) is 5.69 Å². The van der Waals surface area contributed by atoms with Crippen LogP contribution in [0.2, 0.25) is 0 Å². The van der Waals surface area contributed by atoms with E-state index in [2.05, 4.69) is 20.5 Å². The normalized spacial score (nSPS) is 9.73. The van der Waals surface area contributed by atoms with Gasteiger partial charge in [0, 0.05) is 18.0 Å². The molecule has 6 nitrogen and oxygen atoms in total. The van der Waals surface area contributed by atoms with Gasteiger partial charge in [0.25, 0.3) is 0 Å². The first-order valence-corrected chi connectivity index (χ1v) is 7.06. The van der Waals surface area contributed by atoms with Crippen molar-refractivity contribution in [1.29, 1.82) is 10.5 Å². The van der Waals surface area contributed by atoms with Crippen molar-refractivity contribution in [2.75, 3.05) is 5.43 Å². The number of hydrogen-bond donors (Lipinski definition) is 1. The molecule has 22 heavy (non-hydrogen) atoms. The van der Waals surface area contributed by atoms with Gasteiger partial charge in [0.1, 0.15) is 17.1 Å². The lowest BCUT2D eigenvalue weighted by Crippen LogP contribution is -1.95. The summed E-state index contributed by atoms with van der Waals surface area (Å²) in [4.78, 5) is 8.65. The molecule has 0 spiro atoms. The molecule has 7 heteroatoms. The summed E-state index contributed by atoms with van der Waals surface area (Å²) < 4.78 is 0.981. The average Bonchev–Trinajstić information content (AvgIpc) is 3.00. The van der Waals surface area contributed by atoms with E-state index in [1.54, 1.807) is 41.9 Å². The van der Waals surface area contributed by atoms with Gasteiger partial charge in [-0.3, -0.25) is 10.4 Å². The second-order valence-corrected chi connectivity index (χ2v) is 5.27. The Balaban J connectivity index is 1.93. The van der Waals surface area contributed by atoms with Crippen molar-refractivity contribution in [3.05, 3.63) is 42.7 Å². The van der Waals surface area contributed by atoms with Crippen molar-refractivity contribution < 1.29 is 0 Å². The van der Waals surface area contributed by atoms with Gasteiger partial charge in [0.2, 0.25) is 5.71 Å². The minimum Gasteiger partial charge on any atom is -0.276 e. The number of hydrogen-bond acceptors (Lipinski definition) is 7. The van der Waals surface area contributed by atoms with E-state index >= 15 is 0 Å². The fraction of sp³-hybridized carbons (Fsp3) is 0. The van der Waals surface area contributed by atoms with E-state index in [4.69, 9.17) is 10.5 Å². The number of benzene rings is 1. The van der Waals surface area contributed by atoms with Gasteiger partial charge in [0.15, 0.2) is 0 Å². The van der Waals surface area contributed by atoms with Crippen LogP contribution < -0.4 is 5.43 Å². The molecule has 0 saturated heterocycles. The minimum absolute atomic E-state index is 0.222. The Kier molecular flexibility index (Phi) is 3.73. The van der Waals surface area contributed by atoms with Gasteiger partial charge in [-0.2, -0.15) is 15.6 Å². The molecule has 1 aromatic carbocycles. The molecule has 0 amide bonds. The molecule has 1 N–H and O–H groups in total. The second-order valence-electron chi connectivity index (χ2n) is 4.24. The summed E-state index contributed by atoms with van der Waals surface area (Å²) >= 11 is 1.54. The number of hydrazone groups is 1. The molecule has 3 rings (SSSR count). The highest BCUT2D eigenvalue weighted by Crippen LogP contribution is 2.31. The number of nitrogens with one attached hydrogen (secondary N) is 1. The Labute approximate surface area is 130 Å². The van der Waals surface area contributed by atoms with E-state index in [1.807, 2.05) is 24.3 Å². The van der Waals surface area contributed by atoms with Crippen LogP contribution in [-0.4, -0.2) is 15.7 Å². The fourth-order valence-electron chi connectivity index (χ4n) is 1.80. The molecule has 2 aromatic heterocycles. The summed E-state index contributed by atoms with van der Waals surface area (Å²) in [7, 11) is 0. The van der Waals surface area contributed by atoms with Crippen molar-refractivity contribution in [3.63, 3.8) is 0 Å². The molecule has 0 atom stereocenters. The third-order valence-corrected chi connectivity index (χ3v) is 3.87. The smallest absolute Gasteiger partial charge is 0.237 e. The summed E-state index contributed by atoms with van der Waals surface area (Å²) in [5, 5.41) is 21.9. The van der Waals surface area contributed by atoms with E-state index in [9.17, 15) is 0 Å². The predicted octanol–water partition coefficient (Wildman–Crippen LogP) is 3.17. The van der Waals surface area contributed by atoms with Crippen molar-refractivity contribution in [1.82, 2.24) is 9.97 Å². The molecule has 2 heterocycles. The van der Waals surface area contributed by atoms with E-state index < -0.39 is 0 Å². The largest absolute Gasteiger partial charge is 0.276 e. The fourth-order valence-corrected chi connectivity index (χ4v) is 2.80. The zero-order chi connectivity index (χ0) is 15.4. The third-order valence-electron chi connectivity index (χ3n) is 2.81. The first-order chi connectivity index (χ1) is 10.8. The Morgan fingerprint density at radius 2 is 2.09 bits per heavy atom. The zero-order valence-electron chi connectivity index (χ0n) is 11.2. The highest BCUT2D eigenvalue weighted by molar-refractivity contribution is 7.21. The zero-order valence-corrected chi connectivity index (χ0v) is 12.0. The molecule has 0 bridgehead atoms. The van der Waals surface area contributed by atoms with Gasteiger partial charge in [-0.05, 0) is 30.3 Å². The maximum atomic E-state index is 8.65. The number of rotatable bonds is 3. The van der Waals surface area contributed by atoms with Gasteiger partial charge in [-0.15, -0.1) is 11.3 Å². The highest BCUT2D eigenvalue weighted by Gasteiger charge is 2.07. The molecule has 0 aliphatic heterocycles. The number of pyridine rings is 1. The summed E-state index contributed by atoms with van der Waals surface area (Å²) in [5.41, 5.74) is 5.01. The SMILES string of the molecule is N#CC(C#N)=NNc1ccc2nc(-c3cccnc3)sc2c1. The van der Waals surface area contributed by atoms with E-state index in [-0.39, 0.29) is 5.71 Å². The average molecular weight is 304 g/mol. The number of aromatic nitrogens is 2. The van der Waals surface area contributed by atoms with Gasteiger partial charge in [-0.1, -0.05) is 0 Å². The molecule has 0 aliphatic rings. The quantitative estimate of drug-likeness (QED) is 0.592. The highest BCUT2D eigenvalue weighted by atomic mass is 32.1. The lowest BCUT2D eigenvalue weighted by atomic mass is 10.3. The van der Waals surface area contributed by atoms with Crippen LogP contribution >= 0.6 is 11.3 Å². The van der Waals surface area contributed by atoms with E-state index in [0.29, 0.717) is 5.69 Å². The van der Waals surface area contributed by atoms with Crippen molar-refractivity contribution in [3.8, 4) is 22.7 Å². The summed E-state index contributed by atoms with van der Waals surface area (Å²) in [6.45, 7) is 0. The Hall–Kier alpha value is -3.29. The van der Waals surface area contributed by atoms with Gasteiger partial charge < -0.3 is 0 Å². The topological polar surface area (TPSA) is 97.8 Å². The molecule has 104 valence electrons. The second kappa shape index (κ2) is 6.00. The maximum Gasteiger partial charge on any atom is 0.237 e. The number of fused-ring (bicyclic) bond motifs is 1. The summed E-state index contributed by atoms with van der Waals surface area (Å²) in [6, 6.07) is 12.8. The van der Waals surface area contributed by atoms with Crippen molar-refractivity contribution >= 4 is 33.0 Å². The van der Waals surface area contributed by atoms with Gasteiger partial charge in [0.05, 0.1) is 15.9 Å². The summed E-state index contributed by atoms with van der Waals surface area (Å²) in [5.74, 6) is 0. The number of nitriles is 2. The molecular formula is C15H8N6S.